The van der Waals surface area contributed by atoms with Crippen molar-refractivity contribution in [2.75, 3.05) is 11.9 Å². The first kappa shape index (κ1) is 13.2. The molecule has 2 aromatic rings. The van der Waals surface area contributed by atoms with Crippen LogP contribution in [-0.2, 0) is 0 Å². The molecule has 1 aromatic carbocycles. The highest BCUT2D eigenvalue weighted by Crippen LogP contribution is 2.60. The van der Waals surface area contributed by atoms with Crippen LogP contribution in [0.5, 0.6) is 0 Å². The fourth-order valence-corrected chi connectivity index (χ4v) is 3.71. The van der Waals surface area contributed by atoms with E-state index in [2.05, 4.69) is 27.6 Å². The summed E-state index contributed by atoms with van der Waals surface area (Å²) < 4.78 is 0. The van der Waals surface area contributed by atoms with Crippen LogP contribution in [0.1, 0.15) is 30.9 Å². The van der Waals surface area contributed by atoms with Crippen molar-refractivity contribution in [3.8, 4) is 0 Å². The second-order valence-electron chi connectivity index (χ2n) is 6.20. The Bertz CT molecular complexity index is 670. The first-order valence-electron chi connectivity index (χ1n) is 7.69. The number of amides is 2. The molecule has 0 radical (unpaired) electrons. The molecule has 5 heteroatoms. The second kappa shape index (κ2) is 5.09. The van der Waals surface area contributed by atoms with Gasteiger partial charge < -0.3 is 4.90 Å². The predicted octanol–water partition coefficient (Wildman–Crippen LogP) is 3.24. The van der Waals surface area contributed by atoms with Crippen LogP contribution in [0.25, 0.3) is 0 Å². The van der Waals surface area contributed by atoms with E-state index in [1.54, 1.807) is 18.3 Å². The summed E-state index contributed by atoms with van der Waals surface area (Å²) in [7, 11) is 0. The van der Waals surface area contributed by atoms with Crippen LogP contribution in [0.2, 0.25) is 0 Å². The van der Waals surface area contributed by atoms with E-state index in [9.17, 15) is 4.79 Å². The van der Waals surface area contributed by atoms with Crippen molar-refractivity contribution >= 4 is 11.8 Å². The number of likely N-dealkylation sites (tertiary alicyclic amines) is 1. The van der Waals surface area contributed by atoms with Gasteiger partial charge in [-0.15, -0.1) is 5.10 Å². The fraction of sp³-hybridized carbons (Fsp3) is 0.353. The Morgan fingerprint density at radius 1 is 1.18 bits per heavy atom. The fourth-order valence-electron chi connectivity index (χ4n) is 3.71. The normalized spacial score (nSPS) is 21.8. The maximum absolute atomic E-state index is 12.6. The summed E-state index contributed by atoms with van der Waals surface area (Å²) in [5, 5.41) is 10.6. The van der Waals surface area contributed by atoms with E-state index in [0.717, 1.165) is 6.54 Å². The van der Waals surface area contributed by atoms with Crippen molar-refractivity contribution in [3.63, 3.8) is 0 Å². The van der Waals surface area contributed by atoms with E-state index in [0.29, 0.717) is 11.2 Å². The van der Waals surface area contributed by atoms with Crippen LogP contribution < -0.4 is 5.32 Å². The molecule has 1 aliphatic carbocycles. The van der Waals surface area contributed by atoms with Crippen LogP contribution in [-0.4, -0.2) is 27.7 Å². The van der Waals surface area contributed by atoms with Gasteiger partial charge >= 0.3 is 6.03 Å². The molecule has 1 aromatic heterocycles. The molecule has 1 N–H and O–H groups in total. The molecule has 2 fully saturated rings. The standard InChI is InChI=1S/C17H18N4O/c22-16(19-14-8-4-11-18-20-14)21-12-17(9-5-10-17)15(21)13-6-2-1-3-7-13/h1-4,6-8,11,15H,5,9-10,12H2,(H,19,20,22). The molecule has 1 unspecified atom stereocenters. The third kappa shape index (κ3) is 2.04. The van der Waals surface area contributed by atoms with Crippen LogP contribution >= 0.6 is 0 Å². The van der Waals surface area contributed by atoms with Crippen molar-refractivity contribution in [2.45, 2.75) is 25.3 Å². The molecule has 2 aliphatic rings. The van der Waals surface area contributed by atoms with Gasteiger partial charge in [-0.1, -0.05) is 36.8 Å². The summed E-state index contributed by atoms with van der Waals surface area (Å²) >= 11 is 0. The van der Waals surface area contributed by atoms with Gasteiger partial charge in [0.1, 0.15) is 0 Å². The van der Waals surface area contributed by atoms with Crippen molar-refractivity contribution in [1.82, 2.24) is 15.1 Å². The van der Waals surface area contributed by atoms with Gasteiger partial charge in [0.05, 0.1) is 6.04 Å². The lowest BCUT2D eigenvalue weighted by Gasteiger charge is -2.62. The largest absolute Gasteiger partial charge is 0.323 e. The van der Waals surface area contributed by atoms with E-state index in [4.69, 9.17) is 0 Å². The minimum atomic E-state index is -0.0909. The molecule has 2 heterocycles. The quantitative estimate of drug-likeness (QED) is 0.925. The van der Waals surface area contributed by atoms with Crippen molar-refractivity contribution in [3.05, 3.63) is 54.2 Å². The van der Waals surface area contributed by atoms with Gasteiger partial charge in [-0.2, -0.15) is 5.10 Å². The van der Waals surface area contributed by atoms with Crippen LogP contribution in [0, 0.1) is 5.41 Å². The van der Waals surface area contributed by atoms with E-state index < -0.39 is 0 Å². The van der Waals surface area contributed by atoms with Gasteiger partial charge in [0, 0.05) is 18.2 Å². The Kier molecular flexibility index (Phi) is 3.06. The van der Waals surface area contributed by atoms with Gasteiger partial charge in [-0.25, -0.2) is 4.79 Å². The molecular weight excluding hydrogens is 276 g/mol. The zero-order valence-electron chi connectivity index (χ0n) is 12.3. The van der Waals surface area contributed by atoms with Gasteiger partial charge in [0.2, 0.25) is 0 Å². The number of urea groups is 1. The molecule has 0 bridgehead atoms. The SMILES string of the molecule is O=C(Nc1cccnn1)N1CC2(CCC2)C1c1ccccc1. The number of nitrogens with zero attached hydrogens (tertiary/aromatic N) is 3. The number of carbonyl (C=O) groups is 1. The summed E-state index contributed by atoms with van der Waals surface area (Å²) in [6.07, 6.45) is 5.28. The van der Waals surface area contributed by atoms with E-state index in [1.165, 1.54) is 24.8 Å². The molecule has 22 heavy (non-hydrogen) atoms. The predicted molar refractivity (Wildman–Crippen MR) is 83.2 cm³/mol. The molecule has 1 spiro atoms. The Morgan fingerprint density at radius 2 is 2.00 bits per heavy atom. The molecule has 1 atom stereocenters. The Labute approximate surface area is 129 Å². The Morgan fingerprint density at radius 3 is 2.64 bits per heavy atom. The Balaban J connectivity index is 1.55. The van der Waals surface area contributed by atoms with Crippen LogP contribution in [0.15, 0.2) is 48.7 Å². The summed E-state index contributed by atoms with van der Waals surface area (Å²) in [6.45, 7) is 0.832. The number of aromatic nitrogens is 2. The highest BCUT2D eigenvalue weighted by atomic mass is 16.2. The molecule has 1 aliphatic heterocycles. The molecule has 1 saturated carbocycles. The highest BCUT2D eigenvalue weighted by molar-refractivity contribution is 5.89. The monoisotopic (exact) mass is 294 g/mol. The number of carbonyl (C=O) groups excluding carboxylic acids is 1. The lowest BCUT2D eigenvalue weighted by molar-refractivity contribution is -0.0970. The topological polar surface area (TPSA) is 58.1 Å². The molecule has 4 rings (SSSR count). The van der Waals surface area contributed by atoms with Crippen molar-refractivity contribution in [1.29, 1.82) is 0 Å². The number of hydrogen-bond donors (Lipinski definition) is 1. The first-order valence-corrected chi connectivity index (χ1v) is 7.69. The van der Waals surface area contributed by atoms with Gasteiger partial charge in [0.25, 0.3) is 0 Å². The summed E-state index contributed by atoms with van der Waals surface area (Å²) in [4.78, 5) is 14.5. The van der Waals surface area contributed by atoms with Crippen molar-refractivity contribution in [2.24, 2.45) is 5.41 Å². The summed E-state index contributed by atoms with van der Waals surface area (Å²) in [6, 6.07) is 13.9. The second-order valence-corrected chi connectivity index (χ2v) is 6.20. The zero-order valence-corrected chi connectivity index (χ0v) is 12.3. The smallest absolute Gasteiger partial charge is 0.316 e. The number of nitrogens with one attached hydrogen (secondary N) is 1. The third-order valence-electron chi connectivity index (χ3n) is 4.91. The molecular formula is C17H18N4O. The maximum atomic E-state index is 12.6. The first-order chi connectivity index (χ1) is 10.8. The number of rotatable bonds is 2. The van der Waals surface area contributed by atoms with E-state index >= 15 is 0 Å². The molecule has 1 saturated heterocycles. The average molecular weight is 294 g/mol. The summed E-state index contributed by atoms with van der Waals surface area (Å²) in [5.41, 5.74) is 1.52. The number of benzene rings is 1. The Hall–Kier alpha value is -2.43. The minimum Gasteiger partial charge on any atom is -0.316 e. The zero-order chi connectivity index (χ0) is 15.0. The van der Waals surface area contributed by atoms with Gasteiger partial charge in [-0.3, -0.25) is 5.32 Å². The average Bonchev–Trinajstić information content (AvgIpc) is 2.47. The lowest BCUT2D eigenvalue weighted by Crippen LogP contribution is -2.64. The lowest BCUT2D eigenvalue weighted by atomic mass is 9.56. The highest BCUT2D eigenvalue weighted by Gasteiger charge is 2.57. The van der Waals surface area contributed by atoms with Crippen LogP contribution in [0.4, 0.5) is 10.6 Å². The van der Waals surface area contributed by atoms with Gasteiger partial charge in [-0.05, 0) is 30.5 Å². The van der Waals surface area contributed by atoms with Gasteiger partial charge in [0.15, 0.2) is 5.82 Å². The van der Waals surface area contributed by atoms with E-state index in [1.807, 2.05) is 23.1 Å². The van der Waals surface area contributed by atoms with Crippen LogP contribution in [0.3, 0.4) is 0 Å². The maximum Gasteiger partial charge on any atom is 0.323 e. The number of hydrogen-bond acceptors (Lipinski definition) is 3. The van der Waals surface area contributed by atoms with E-state index in [-0.39, 0.29) is 12.1 Å². The summed E-state index contributed by atoms with van der Waals surface area (Å²) in [5.74, 6) is 0.494. The molecule has 2 amide bonds. The molecule has 5 nitrogen and oxygen atoms in total. The molecule has 112 valence electrons. The third-order valence-corrected chi connectivity index (χ3v) is 4.91. The number of anilines is 1. The minimum absolute atomic E-state index is 0.0909. The van der Waals surface area contributed by atoms with Crippen molar-refractivity contribution < 1.29 is 4.79 Å².